The molecule has 0 amide bonds. The first-order valence-corrected chi connectivity index (χ1v) is 6.84. The molecule has 0 atom stereocenters. The number of fused-ring (bicyclic) bond motifs is 1. The molecule has 1 aromatic carbocycles. The molecule has 18 heavy (non-hydrogen) atoms. The van der Waals surface area contributed by atoms with Crippen molar-refractivity contribution in [2.24, 2.45) is 0 Å². The predicted octanol–water partition coefficient (Wildman–Crippen LogP) is 1.72. The zero-order valence-corrected chi connectivity index (χ0v) is 11.1. The minimum atomic E-state index is -3.54. The van der Waals surface area contributed by atoms with Crippen LogP contribution in [0.4, 0.5) is 4.39 Å². The van der Waals surface area contributed by atoms with Crippen molar-refractivity contribution in [1.82, 2.24) is 0 Å². The fraction of sp³-hybridized carbons (Fsp3) is 0.417. The summed E-state index contributed by atoms with van der Waals surface area (Å²) in [7, 11) is -2.42. The van der Waals surface area contributed by atoms with Crippen LogP contribution in [-0.2, 0) is 21.0 Å². The van der Waals surface area contributed by atoms with Crippen molar-refractivity contribution in [3.8, 4) is 0 Å². The first kappa shape index (κ1) is 13.0. The smallest absolute Gasteiger partial charge is 0.340 e. The summed E-state index contributed by atoms with van der Waals surface area (Å²) in [4.78, 5) is 11.4. The van der Waals surface area contributed by atoms with Crippen molar-refractivity contribution in [2.75, 3.05) is 7.11 Å². The van der Waals surface area contributed by atoms with E-state index in [-0.39, 0.29) is 16.9 Å². The number of hydrogen-bond donors (Lipinski definition) is 0. The minimum absolute atomic E-state index is 0.0225. The van der Waals surface area contributed by atoms with Gasteiger partial charge in [-0.1, -0.05) is 0 Å². The number of carbonyl (C=O) groups excluding carboxylic acids is 1. The van der Waals surface area contributed by atoms with Crippen LogP contribution in [-0.4, -0.2) is 26.2 Å². The number of halogens is 1. The van der Waals surface area contributed by atoms with Crippen LogP contribution in [0.5, 0.6) is 0 Å². The highest BCUT2D eigenvalue weighted by molar-refractivity contribution is 7.93. The lowest BCUT2D eigenvalue weighted by atomic mass is 10.0. The SMILES string of the molecule is COC(=O)c1cc2c(cc1F)CC(C)(C)S2(=O)=O. The molecule has 0 fully saturated rings. The molecule has 6 heteroatoms. The van der Waals surface area contributed by atoms with E-state index in [9.17, 15) is 17.6 Å². The number of rotatable bonds is 1. The third-order valence-electron chi connectivity index (χ3n) is 3.19. The molecule has 1 aliphatic heterocycles. The van der Waals surface area contributed by atoms with Crippen molar-refractivity contribution >= 4 is 15.8 Å². The van der Waals surface area contributed by atoms with E-state index in [0.29, 0.717) is 5.56 Å². The Labute approximate surface area is 105 Å². The second-order valence-electron chi connectivity index (χ2n) is 4.87. The van der Waals surface area contributed by atoms with Crippen LogP contribution < -0.4 is 0 Å². The van der Waals surface area contributed by atoms with Crippen molar-refractivity contribution in [1.29, 1.82) is 0 Å². The van der Waals surface area contributed by atoms with Gasteiger partial charge in [0, 0.05) is 0 Å². The zero-order valence-electron chi connectivity index (χ0n) is 10.3. The first-order chi connectivity index (χ1) is 8.20. The maximum absolute atomic E-state index is 13.7. The summed E-state index contributed by atoms with van der Waals surface area (Å²) in [6, 6.07) is 2.18. The number of carbonyl (C=O) groups is 1. The molecule has 4 nitrogen and oxygen atoms in total. The summed E-state index contributed by atoms with van der Waals surface area (Å²) < 4.78 is 41.5. The Hall–Kier alpha value is -1.43. The fourth-order valence-corrected chi connectivity index (χ4v) is 3.79. The molecular weight excluding hydrogens is 259 g/mol. The van der Waals surface area contributed by atoms with E-state index >= 15 is 0 Å². The molecule has 1 aliphatic rings. The summed E-state index contributed by atoms with van der Waals surface area (Å²) in [5.74, 6) is -1.64. The predicted molar refractivity (Wildman–Crippen MR) is 62.7 cm³/mol. The lowest BCUT2D eigenvalue weighted by Gasteiger charge is -2.15. The highest BCUT2D eigenvalue weighted by Crippen LogP contribution is 2.39. The molecule has 0 saturated carbocycles. The Balaban J connectivity index is 2.70. The topological polar surface area (TPSA) is 60.4 Å². The summed E-state index contributed by atoms with van der Waals surface area (Å²) >= 11 is 0. The Bertz CT molecular complexity index is 632. The molecule has 0 unspecified atom stereocenters. The van der Waals surface area contributed by atoms with Gasteiger partial charge < -0.3 is 4.74 Å². The highest BCUT2D eigenvalue weighted by Gasteiger charge is 2.44. The van der Waals surface area contributed by atoms with Crippen molar-refractivity contribution in [3.05, 3.63) is 29.1 Å². The number of methoxy groups -OCH3 is 1. The van der Waals surface area contributed by atoms with Crippen molar-refractivity contribution < 1.29 is 22.3 Å². The molecule has 0 bridgehead atoms. The van der Waals surface area contributed by atoms with E-state index in [1.54, 1.807) is 13.8 Å². The molecule has 0 spiro atoms. The summed E-state index contributed by atoms with van der Waals surface area (Å²) in [5, 5.41) is 0. The van der Waals surface area contributed by atoms with Gasteiger partial charge in [-0.3, -0.25) is 0 Å². The molecule has 0 aromatic heterocycles. The maximum Gasteiger partial charge on any atom is 0.340 e. The molecule has 98 valence electrons. The molecule has 0 saturated heterocycles. The average Bonchev–Trinajstić information content (AvgIpc) is 2.43. The zero-order chi connectivity index (χ0) is 13.7. The van der Waals surface area contributed by atoms with Gasteiger partial charge in [0.1, 0.15) is 5.82 Å². The van der Waals surface area contributed by atoms with Crippen LogP contribution >= 0.6 is 0 Å². The number of ether oxygens (including phenoxy) is 1. The number of hydrogen-bond acceptors (Lipinski definition) is 4. The second-order valence-corrected chi connectivity index (χ2v) is 7.42. The largest absolute Gasteiger partial charge is 0.465 e. The second kappa shape index (κ2) is 3.78. The van der Waals surface area contributed by atoms with Crippen LogP contribution in [0.3, 0.4) is 0 Å². The van der Waals surface area contributed by atoms with Gasteiger partial charge in [-0.15, -0.1) is 0 Å². The van der Waals surface area contributed by atoms with Crippen molar-refractivity contribution in [3.63, 3.8) is 0 Å². The Kier molecular flexibility index (Phi) is 2.73. The van der Waals surface area contributed by atoms with E-state index in [4.69, 9.17) is 0 Å². The standard InChI is InChI=1S/C12H13FO4S/c1-12(2)6-7-4-9(13)8(11(14)17-3)5-10(7)18(12,15)16/h4-5H,6H2,1-3H3. The Morgan fingerprint density at radius 1 is 1.39 bits per heavy atom. The van der Waals surface area contributed by atoms with Gasteiger partial charge in [0.05, 0.1) is 22.3 Å². The lowest BCUT2D eigenvalue weighted by molar-refractivity contribution is 0.0595. The fourth-order valence-electron chi connectivity index (χ4n) is 2.10. The third kappa shape index (κ3) is 1.63. The number of benzene rings is 1. The molecule has 0 aliphatic carbocycles. The van der Waals surface area contributed by atoms with Crippen LogP contribution in [0.15, 0.2) is 17.0 Å². The third-order valence-corrected chi connectivity index (χ3v) is 5.75. The summed E-state index contributed by atoms with van der Waals surface area (Å²) in [6.45, 7) is 3.16. The van der Waals surface area contributed by atoms with Gasteiger partial charge in [-0.05, 0) is 38.0 Å². The van der Waals surface area contributed by atoms with Gasteiger partial charge >= 0.3 is 5.97 Å². The maximum atomic E-state index is 13.7. The van der Waals surface area contributed by atoms with Gasteiger partial charge in [0.15, 0.2) is 9.84 Å². The van der Waals surface area contributed by atoms with Crippen LogP contribution in [0.1, 0.15) is 29.8 Å². The highest BCUT2D eigenvalue weighted by atomic mass is 32.2. The van der Waals surface area contributed by atoms with Crippen LogP contribution in [0.25, 0.3) is 0 Å². The Morgan fingerprint density at radius 2 is 2.00 bits per heavy atom. The monoisotopic (exact) mass is 272 g/mol. The van der Waals surface area contributed by atoms with E-state index in [1.165, 1.54) is 0 Å². The van der Waals surface area contributed by atoms with E-state index in [1.807, 2.05) is 0 Å². The summed E-state index contributed by atoms with van der Waals surface area (Å²) in [6.07, 6.45) is 0.239. The normalized spacial score (nSPS) is 19.3. The lowest BCUT2D eigenvalue weighted by Crippen LogP contribution is -2.27. The van der Waals surface area contributed by atoms with Gasteiger partial charge in [0.2, 0.25) is 0 Å². The van der Waals surface area contributed by atoms with Crippen LogP contribution in [0.2, 0.25) is 0 Å². The van der Waals surface area contributed by atoms with Gasteiger partial charge in [-0.25, -0.2) is 17.6 Å². The molecule has 2 rings (SSSR count). The average molecular weight is 272 g/mol. The quantitative estimate of drug-likeness (QED) is 0.577. The molecular formula is C12H13FO4S. The van der Waals surface area contributed by atoms with Gasteiger partial charge in [0.25, 0.3) is 0 Å². The van der Waals surface area contributed by atoms with Gasteiger partial charge in [-0.2, -0.15) is 0 Å². The van der Waals surface area contributed by atoms with Crippen LogP contribution in [0, 0.1) is 5.82 Å². The molecule has 0 radical (unpaired) electrons. The number of sulfone groups is 1. The molecule has 0 N–H and O–H groups in total. The molecule has 1 aromatic rings. The van der Waals surface area contributed by atoms with E-state index < -0.39 is 26.4 Å². The number of esters is 1. The molecule has 1 heterocycles. The van der Waals surface area contributed by atoms with E-state index in [0.717, 1.165) is 19.2 Å². The minimum Gasteiger partial charge on any atom is -0.465 e. The first-order valence-electron chi connectivity index (χ1n) is 5.36. The summed E-state index contributed by atoms with van der Waals surface area (Å²) in [5.41, 5.74) is 0.0580. The van der Waals surface area contributed by atoms with Crippen molar-refractivity contribution in [2.45, 2.75) is 29.9 Å². The van der Waals surface area contributed by atoms with E-state index in [2.05, 4.69) is 4.74 Å². The Morgan fingerprint density at radius 3 is 2.56 bits per heavy atom.